The van der Waals surface area contributed by atoms with E-state index in [1.165, 1.54) is 44.5 Å². The summed E-state index contributed by atoms with van der Waals surface area (Å²) in [6.07, 6.45) is 0. The molecule has 0 bridgehead atoms. The molecule has 0 saturated heterocycles. The average molecular weight is 697 g/mol. The predicted octanol–water partition coefficient (Wildman–Crippen LogP) is -3.90. The third-order valence-electron chi connectivity index (χ3n) is 4.76. The molecule has 0 amide bonds. The molecule has 184 valence electrons. The van der Waals surface area contributed by atoms with Gasteiger partial charge in [0.15, 0.2) is 0 Å². The van der Waals surface area contributed by atoms with Crippen LogP contribution in [-0.4, -0.2) is 0 Å². The van der Waals surface area contributed by atoms with Gasteiger partial charge in [-0.25, -0.2) is 47.5 Å². The summed E-state index contributed by atoms with van der Waals surface area (Å²) >= 11 is 0. The van der Waals surface area contributed by atoms with Crippen molar-refractivity contribution in [3.8, 4) is 0 Å². The summed E-state index contributed by atoms with van der Waals surface area (Å²) in [4.78, 5) is 0. The van der Waals surface area contributed by atoms with Crippen molar-refractivity contribution in [3.05, 3.63) is 117 Å². The van der Waals surface area contributed by atoms with E-state index in [1.54, 1.807) is 0 Å². The molecule has 0 unspecified atom stereocenters. The normalized spacial score (nSPS) is 7.76. The standard InChI is InChI=1S/4C7H9.4ClH.2Zr/c2*1-6-3-4-7(2)5-6;2*1-6-4-3-5-7(6)2;;;;;;/h4*3-5H,1-2H3;4*1H;;/q4*-1;;;;;2*+4/p-4. The Morgan fingerprint density at radius 2 is 0.765 bits per heavy atom. The Bertz CT molecular complexity index is 787. The summed E-state index contributed by atoms with van der Waals surface area (Å²) in [5, 5.41) is 0. The van der Waals surface area contributed by atoms with Crippen LogP contribution in [0.25, 0.3) is 0 Å². The van der Waals surface area contributed by atoms with Gasteiger partial charge in [-0.05, 0) is 0 Å². The molecule has 4 aromatic rings. The Kier molecular flexibility index (Phi) is 36.9. The second-order valence-corrected chi connectivity index (χ2v) is 7.72. The van der Waals surface area contributed by atoms with Gasteiger partial charge in [-0.3, -0.25) is 0 Å². The van der Waals surface area contributed by atoms with Crippen molar-refractivity contribution in [2.45, 2.75) is 55.4 Å². The quantitative estimate of drug-likeness (QED) is 0.165. The molecule has 0 heterocycles. The molecule has 4 rings (SSSR count). The summed E-state index contributed by atoms with van der Waals surface area (Å²) in [7, 11) is 0. The molecule has 0 aliphatic heterocycles. The first-order chi connectivity index (χ1) is 13.2. The minimum Gasteiger partial charge on any atom is -1.00 e. The van der Waals surface area contributed by atoms with E-state index in [1.807, 2.05) is 0 Å². The van der Waals surface area contributed by atoms with Gasteiger partial charge in [-0.1, -0.05) is 55.4 Å². The summed E-state index contributed by atoms with van der Waals surface area (Å²) < 4.78 is 0. The van der Waals surface area contributed by atoms with Crippen LogP contribution < -0.4 is 49.6 Å². The Hall–Kier alpha value is 0.326. The molecule has 0 saturated carbocycles. The molecule has 0 aliphatic rings. The fourth-order valence-electron chi connectivity index (χ4n) is 2.64. The van der Waals surface area contributed by atoms with Crippen molar-refractivity contribution in [1.29, 1.82) is 0 Å². The van der Waals surface area contributed by atoms with Crippen LogP contribution in [0.5, 0.6) is 0 Å². The van der Waals surface area contributed by atoms with Gasteiger partial charge in [0.25, 0.3) is 0 Å². The zero-order valence-corrected chi connectivity index (χ0v) is 29.4. The van der Waals surface area contributed by atoms with Crippen LogP contribution in [0.15, 0.2) is 72.8 Å². The molecule has 4 aromatic carbocycles. The summed E-state index contributed by atoms with van der Waals surface area (Å²) in [5.74, 6) is 0. The van der Waals surface area contributed by atoms with E-state index in [9.17, 15) is 0 Å². The van der Waals surface area contributed by atoms with Crippen LogP contribution in [0.2, 0.25) is 0 Å². The number of rotatable bonds is 0. The Labute approximate surface area is 272 Å². The van der Waals surface area contributed by atoms with E-state index in [4.69, 9.17) is 0 Å². The van der Waals surface area contributed by atoms with Crippen molar-refractivity contribution in [1.82, 2.24) is 0 Å². The zero-order valence-electron chi connectivity index (χ0n) is 21.4. The van der Waals surface area contributed by atoms with Gasteiger partial charge in [0.05, 0.1) is 0 Å². The van der Waals surface area contributed by atoms with Gasteiger partial charge >= 0.3 is 52.4 Å². The van der Waals surface area contributed by atoms with Gasteiger partial charge in [0.1, 0.15) is 0 Å². The van der Waals surface area contributed by atoms with Gasteiger partial charge in [-0.2, -0.15) is 69.8 Å². The van der Waals surface area contributed by atoms with Crippen LogP contribution in [0, 0.1) is 55.4 Å². The fourth-order valence-corrected chi connectivity index (χ4v) is 2.64. The predicted molar refractivity (Wildman–Crippen MR) is 126 cm³/mol. The van der Waals surface area contributed by atoms with Gasteiger partial charge in [-0.15, -0.1) is 0 Å². The second kappa shape index (κ2) is 26.4. The smallest absolute Gasteiger partial charge is 1.00 e. The van der Waals surface area contributed by atoms with E-state index in [0.717, 1.165) is 0 Å². The van der Waals surface area contributed by atoms with Gasteiger partial charge in [0.2, 0.25) is 0 Å². The molecule has 0 spiro atoms. The molecule has 0 aromatic heterocycles. The van der Waals surface area contributed by atoms with Crippen LogP contribution in [0.1, 0.15) is 44.5 Å². The van der Waals surface area contributed by atoms with Gasteiger partial charge < -0.3 is 49.6 Å². The first-order valence-electron chi connectivity index (χ1n) is 9.96. The Morgan fingerprint density at radius 3 is 0.824 bits per heavy atom. The summed E-state index contributed by atoms with van der Waals surface area (Å²) in [6, 6.07) is 25.4. The third kappa shape index (κ3) is 21.6. The van der Waals surface area contributed by atoms with Crippen molar-refractivity contribution < 1.29 is 102 Å². The van der Waals surface area contributed by atoms with Crippen LogP contribution in [-0.2, 0) is 52.4 Å². The largest absolute Gasteiger partial charge is 4.00 e. The molecule has 0 atom stereocenters. The maximum absolute atomic E-state index is 2.17. The van der Waals surface area contributed by atoms with E-state index >= 15 is 0 Å². The van der Waals surface area contributed by atoms with E-state index in [0.29, 0.717) is 0 Å². The third-order valence-corrected chi connectivity index (χ3v) is 4.76. The van der Waals surface area contributed by atoms with E-state index in [2.05, 4.69) is 128 Å². The van der Waals surface area contributed by atoms with E-state index < -0.39 is 0 Å². The molecule has 0 N–H and O–H groups in total. The SMILES string of the molecule is Cc1cc[c-](C)c1.Cc1cc[c-](C)c1.Cc1ccc[c-]1C.Cc1ccc[c-]1C.[Cl-].[Cl-].[Cl-].[Cl-].[Zr+4].[Zr+4]. The van der Waals surface area contributed by atoms with Gasteiger partial charge in [0, 0.05) is 0 Å². The minimum atomic E-state index is 0. The Morgan fingerprint density at radius 1 is 0.471 bits per heavy atom. The zero-order chi connectivity index (χ0) is 21.1. The monoisotopic (exact) mass is 692 g/mol. The van der Waals surface area contributed by atoms with Crippen molar-refractivity contribution >= 4 is 0 Å². The molecule has 0 radical (unpaired) electrons. The topological polar surface area (TPSA) is 0 Å². The van der Waals surface area contributed by atoms with Crippen molar-refractivity contribution in [3.63, 3.8) is 0 Å². The second-order valence-electron chi connectivity index (χ2n) is 7.72. The van der Waals surface area contributed by atoms with Crippen molar-refractivity contribution in [2.75, 3.05) is 0 Å². The first-order valence-corrected chi connectivity index (χ1v) is 9.96. The number of aryl methyl sites for hydroxylation is 8. The molecular formula is C28H36Cl4Zr2. The molecule has 6 heteroatoms. The first kappa shape index (κ1) is 47.5. The van der Waals surface area contributed by atoms with Crippen molar-refractivity contribution in [2.24, 2.45) is 0 Å². The van der Waals surface area contributed by atoms with Crippen LogP contribution in [0.3, 0.4) is 0 Å². The maximum atomic E-state index is 2.17. The summed E-state index contributed by atoms with van der Waals surface area (Å²) in [6.45, 7) is 16.9. The van der Waals surface area contributed by atoms with Crippen LogP contribution in [0.4, 0.5) is 0 Å². The minimum absolute atomic E-state index is 0. The maximum Gasteiger partial charge on any atom is 4.00 e. The fraction of sp³-hybridized carbons (Fsp3) is 0.286. The Balaban J connectivity index is -0.0000000726. The number of hydrogen-bond donors (Lipinski definition) is 0. The number of hydrogen-bond acceptors (Lipinski definition) is 0. The summed E-state index contributed by atoms with van der Waals surface area (Å²) in [5.41, 5.74) is 11.0. The number of halogens is 4. The molecule has 0 nitrogen and oxygen atoms in total. The molecular weight excluding hydrogens is 661 g/mol. The average Bonchev–Trinajstić information content (AvgIpc) is 3.39. The molecule has 0 aliphatic carbocycles. The van der Waals surface area contributed by atoms with E-state index in [-0.39, 0.29) is 102 Å². The molecule has 0 fully saturated rings. The molecule has 34 heavy (non-hydrogen) atoms. The van der Waals surface area contributed by atoms with Crippen LogP contribution >= 0.6 is 0 Å².